The minimum Gasteiger partial charge on any atom is -0.450 e. The van der Waals surface area contributed by atoms with Crippen molar-refractivity contribution in [3.63, 3.8) is 0 Å². The number of carbonyl (C=O) groups is 2. The summed E-state index contributed by atoms with van der Waals surface area (Å²) in [6.07, 6.45) is -5.06. The van der Waals surface area contributed by atoms with Crippen LogP contribution >= 0.6 is 0 Å². The largest absolute Gasteiger partial charge is 0.450 e. The van der Waals surface area contributed by atoms with Crippen LogP contribution in [0.1, 0.15) is 23.6 Å². The van der Waals surface area contributed by atoms with Gasteiger partial charge in [-0.3, -0.25) is 0 Å². The van der Waals surface area contributed by atoms with Crippen LogP contribution in [0.5, 0.6) is 0 Å². The van der Waals surface area contributed by atoms with Gasteiger partial charge in [0.15, 0.2) is 0 Å². The highest BCUT2D eigenvalue weighted by molar-refractivity contribution is 7.89. The summed E-state index contributed by atoms with van der Waals surface area (Å²) in [7, 11) is -4.33. The van der Waals surface area contributed by atoms with Gasteiger partial charge >= 0.3 is 18.3 Å². The average molecular weight is 514 g/mol. The van der Waals surface area contributed by atoms with Gasteiger partial charge in [-0.2, -0.15) is 13.2 Å². The molecule has 3 amide bonds. The Bertz CT molecular complexity index is 1140. The fourth-order valence-corrected chi connectivity index (χ4v) is 4.89. The second kappa shape index (κ2) is 10.5. The summed E-state index contributed by atoms with van der Waals surface area (Å²) >= 11 is 0. The molecule has 0 atom stereocenters. The zero-order valence-electron chi connectivity index (χ0n) is 19.3. The first kappa shape index (κ1) is 26.3. The minimum atomic E-state index is -4.54. The van der Waals surface area contributed by atoms with Crippen molar-refractivity contribution in [1.82, 2.24) is 14.1 Å². The normalized spacial score (nSPS) is 14.5. The average Bonchev–Trinajstić information content (AvgIpc) is 2.82. The van der Waals surface area contributed by atoms with E-state index in [2.05, 4.69) is 0 Å². The monoisotopic (exact) mass is 513 g/mol. The Kier molecular flexibility index (Phi) is 7.93. The molecule has 190 valence electrons. The third-order valence-corrected chi connectivity index (χ3v) is 7.24. The molecule has 0 radical (unpaired) electrons. The molecule has 2 aromatic rings. The van der Waals surface area contributed by atoms with Crippen LogP contribution in [-0.4, -0.2) is 67.4 Å². The second-order valence-corrected chi connectivity index (χ2v) is 9.84. The van der Waals surface area contributed by atoms with Crippen LogP contribution in [0.3, 0.4) is 0 Å². The van der Waals surface area contributed by atoms with Gasteiger partial charge in [0.05, 0.1) is 23.6 Å². The summed E-state index contributed by atoms with van der Waals surface area (Å²) in [6.45, 7) is 3.66. The van der Waals surface area contributed by atoms with E-state index >= 15 is 0 Å². The molecule has 0 bridgehead atoms. The molecular weight excluding hydrogens is 487 g/mol. The first-order chi connectivity index (χ1) is 16.4. The fraction of sp³-hybridized carbons (Fsp3) is 0.391. The number of hydrogen-bond acceptors (Lipinski definition) is 5. The number of alkyl halides is 3. The van der Waals surface area contributed by atoms with Gasteiger partial charge in [-0.1, -0.05) is 29.8 Å². The zero-order valence-corrected chi connectivity index (χ0v) is 20.1. The van der Waals surface area contributed by atoms with E-state index in [0.29, 0.717) is 4.31 Å². The van der Waals surface area contributed by atoms with E-state index in [1.165, 1.54) is 21.9 Å². The molecule has 0 saturated carbocycles. The summed E-state index contributed by atoms with van der Waals surface area (Å²) in [6, 6.07) is 9.07. The van der Waals surface area contributed by atoms with E-state index in [0.717, 1.165) is 29.8 Å². The second-order valence-electron chi connectivity index (χ2n) is 7.98. The van der Waals surface area contributed by atoms with Crippen LogP contribution in [0.4, 0.5) is 22.8 Å². The highest BCUT2D eigenvalue weighted by Gasteiger charge is 2.35. The number of rotatable bonds is 5. The van der Waals surface area contributed by atoms with Crippen molar-refractivity contribution in [2.24, 2.45) is 0 Å². The number of benzene rings is 2. The lowest BCUT2D eigenvalue weighted by Crippen LogP contribution is -2.54. The summed E-state index contributed by atoms with van der Waals surface area (Å²) in [5.41, 5.74) is 0.155. The Labute approximate surface area is 201 Å². The number of piperazine rings is 1. The number of hydrogen-bond donors (Lipinski definition) is 0. The molecule has 1 aliphatic rings. The van der Waals surface area contributed by atoms with Crippen molar-refractivity contribution in [1.29, 1.82) is 0 Å². The highest BCUT2D eigenvalue weighted by Crippen LogP contribution is 2.30. The zero-order chi connectivity index (χ0) is 25.8. The lowest BCUT2D eigenvalue weighted by Gasteiger charge is -2.36. The van der Waals surface area contributed by atoms with Gasteiger partial charge in [-0.05, 0) is 43.7 Å². The van der Waals surface area contributed by atoms with Crippen LogP contribution in [0.2, 0.25) is 0 Å². The lowest BCUT2D eigenvalue weighted by molar-refractivity contribution is -0.137. The van der Waals surface area contributed by atoms with Crippen LogP contribution in [-0.2, 0) is 27.5 Å². The van der Waals surface area contributed by atoms with Crippen molar-refractivity contribution < 1.29 is 35.9 Å². The Hall–Kier alpha value is -3.28. The molecule has 0 unspecified atom stereocenters. The molecule has 12 heteroatoms. The number of halogens is 3. The van der Waals surface area contributed by atoms with Gasteiger partial charge in [-0.15, -0.1) is 0 Å². The molecule has 35 heavy (non-hydrogen) atoms. The van der Waals surface area contributed by atoms with Crippen molar-refractivity contribution >= 4 is 22.1 Å². The number of carbonyl (C=O) groups excluding carboxylic acids is 2. The maximum Gasteiger partial charge on any atom is 0.416 e. The Morgan fingerprint density at radius 3 is 2.00 bits per heavy atom. The van der Waals surface area contributed by atoms with E-state index in [1.54, 1.807) is 26.0 Å². The highest BCUT2D eigenvalue weighted by atomic mass is 32.2. The van der Waals surface area contributed by atoms with Gasteiger partial charge in [0.1, 0.15) is 0 Å². The first-order valence-electron chi connectivity index (χ1n) is 10.9. The third-order valence-electron chi connectivity index (χ3n) is 5.51. The molecule has 2 aromatic carbocycles. The van der Waals surface area contributed by atoms with Crippen LogP contribution in [0.15, 0.2) is 53.4 Å². The fourth-order valence-electron chi connectivity index (χ4n) is 3.51. The molecule has 1 fully saturated rings. The van der Waals surface area contributed by atoms with Gasteiger partial charge in [0.25, 0.3) is 10.0 Å². The topological polar surface area (TPSA) is 87.2 Å². The molecule has 1 aliphatic heterocycles. The summed E-state index contributed by atoms with van der Waals surface area (Å²) in [4.78, 5) is 27.9. The van der Waals surface area contributed by atoms with Gasteiger partial charge < -0.3 is 14.5 Å². The van der Waals surface area contributed by atoms with Crippen LogP contribution < -0.4 is 0 Å². The minimum absolute atomic E-state index is 0.0740. The molecule has 1 saturated heterocycles. The van der Waals surface area contributed by atoms with E-state index in [9.17, 15) is 31.2 Å². The predicted molar refractivity (Wildman–Crippen MR) is 121 cm³/mol. The standard InChI is InChI=1S/C23H26F3N3O5S/c1-3-34-22(31)28-14-12-27(13-15-28)21(30)29(35(32,33)20-10-4-17(2)5-11-20)16-18-6-8-19(9-7-18)23(24,25)26/h4-11H,3,12-16H2,1-2H3. The van der Waals surface area contributed by atoms with Gasteiger partial charge in [-0.25, -0.2) is 22.3 Å². The van der Waals surface area contributed by atoms with Gasteiger partial charge in [0.2, 0.25) is 0 Å². The maximum atomic E-state index is 13.4. The summed E-state index contributed by atoms with van der Waals surface area (Å²) in [5.74, 6) is 0. The predicted octanol–water partition coefficient (Wildman–Crippen LogP) is 4.10. The number of sulfonamides is 1. The Balaban J connectivity index is 1.87. The van der Waals surface area contributed by atoms with Gasteiger partial charge in [0, 0.05) is 26.2 Å². The molecule has 0 aliphatic carbocycles. The summed E-state index contributed by atoms with van der Waals surface area (Å²) in [5, 5.41) is 0. The molecule has 0 spiro atoms. The number of aryl methyl sites for hydroxylation is 1. The molecule has 0 aromatic heterocycles. The van der Waals surface area contributed by atoms with Crippen molar-refractivity contribution in [3.8, 4) is 0 Å². The SMILES string of the molecule is CCOC(=O)N1CCN(C(=O)N(Cc2ccc(C(F)(F)F)cc2)S(=O)(=O)c2ccc(C)cc2)CC1. The number of nitrogens with zero attached hydrogens (tertiary/aromatic N) is 3. The third kappa shape index (κ3) is 6.24. The number of urea groups is 1. The first-order valence-corrected chi connectivity index (χ1v) is 12.3. The molecule has 0 N–H and O–H groups in total. The van der Waals surface area contributed by atoms with Crippen LogP contribution in [0.25, 0.3) is 0 Å². The smallest absolute Gasteiger partial charge is 0.416 e. The summed E-state index contributed by atoms with van der Waals surface area (Å²) < 4.78 is 71.3. The molecule has 8 nitrogen and oxygen atoms in total. The quantitative estimate of drug-likeness (QED) is 0.601. The van der Waals surface area contributed by atoms with E-state index in [1.807, 2.05) is 0 Å². The van der Waals surface area contributed by atoms with Crippen molar-refractivity contribution in [2.75, 3.05) is 32.8 Å². The number of amides is 3. The van der Waals surface area contributed by atoms with Crippen molar-refractivity contribution in [3.05, 3.63) is 65.2 Å². The van der Waals surface area contributed by atoms with E-state index in [-0.39, 0.29) is 43.2 Å². The Morgan fingerprint density at radius 1 is 0.943 bits per heavy atom. The Morgan fingerprint density at radius 2 is 1.49 bits per heavy atom. The maximum absolute atomic E-state index is 13.4. The molecule has 1 heterocycles. The molecule has 3 rings (SSSR count). The van der Waals surface area contributed by atoms with E-state index in [4.69, 9.17) is 4.74 Å². The number of ether oxygens (including phenoxy) is 1. The van der Waals surface area contributed by atoms with Crippen LogP contribution in [0, 0.1) is 6.92 Å². The van der Waals surface area contributed by atoms with E-state index < -0.39 is 40.4 Å². The molecular formula is C23H26F3N3O5S. The lowest BCUT2D eigenvalue weighted by atomic mass is 10.1. The van der Waals surface area contributed by atoms with Crippen molar-refractivity contribution in [2.45, 2.75) is 31.5 Å².